The van der Waals surface area contributed by atoms with E-state index in [0.29, 0.717) is 11.5 Å². The lowest BCUT2D eigenvalue weighted by Gasteiger charge is -2.19. The van der Waals surface area contributed by atoms with Crippen LogP contribution in [0.4, 0.5) is 0 Å². The van der Waals surface area contributed by atoms with E-state index in [9.17, 15) is 5.11 Å². The van der Waals surface area contributed by atoms with Crippen molar-refractivity contribution in [2.45, 2.75) is 39.5 Å². The molecule has 0 heterocycles. The number of para-hydroxylation sites is 2. The Morgan fingerprint density at radius 1 is 0.800 bits per heavy atom. The maximum atomic E-state index is 9.45. The molecule has 0 unspecified atom stereocenters. The lowest BCUT2D eigenvalue weighted by molar-refractivity contribution is 0.447. The molecule has 0 fully saturated rings. The lowest BCUT2D eigenvalue weighted by Crippen LogP contribution is -2.10. The number of benzene rings is 2. The van der Waals surface area contributed by atoms with Crippen molar-refractivity contribution in [3.05, 3.63) is 59.7 Å². The average Bonchev–Trinajstić information content (AvgIpc) is 2.39. The lowest BCUT2D eigenvalue weighted by atomic mass is 9.86. The van der Waals surface area contributed by atoms with Crippen LogP contribution in [0, 0.1) is 0 Å². The second kappa shape index (κ2) is 6.99. The fourth-order valence-corrected chi connectivity index (χ4v) is 1.92. The van der Waals surface area contributed by atoms with Crippen LogP contribution in [0.3, 0.4) is 0 Å². The molecule has 0 spiro atoms. The molecule has 0 saturated carbocycles. The van der Waals surface area contributed by atoms with Crippen LogP contribution in [0.25, 0.3) is 0 Å². The molecule has 2 N–H and O–H groups in total. The highest BCUT2D eigenvalue weighted by Gasteiger charge is 2.16. The summed E-state index contributed by atoms with van der Waals surface area (Å²) in [5, 5.41) is 18.6. The molecule has 20 heavy (non-hydrogen) atoms. The Bertz CT molecular complexity index is 539. The first-order valence-electron chi connectivity index (χ1n) is 6.91. The minimum atomic E-state index is 0.0331. The molecule has 0 radical (unpaired) electrons. The molecule has 0 aliphatic rings. The van der Waals surface area contributed by atoms with Crippen molar-refractivity contribution in [1.82, 2.24) is 0 Å². The van der Waals surface area contributed by atoms with Gasteiger partial charge in [-0.05, 0) is 35.1 Å². The molecule has 2 rings (SSSR count). The van der Waals surface area contributed by atoms with Crippen LogP contribution >= 0.6 is 0 Å². The number of aryl methyl sites for hydroxylation is 1. The maximum absolute atomic E-state index is 9.45. The third-order valence-electron chi connectivity index (χ3n) is 3.08. The number of phenols is 2. The van der Waals surface area contributed by atoms with Gasteiger partial charge in [-0.15, -0.1) is 0 Å². The van der Waals surface area contributed by atoms with Crippen LogP contribution in [0.5, 0.6) is 11.5 Å². The van der Waals surface area contributed by atoms with E-state index in [0.717, 1.165) is 17.5 Å². The smallest absolute Gasteiger partial charge is 0.119 e. The topological polar surface area (TPSA) is 40.5 Å². The Morgan fingerprint density at radius 3 is 1.65 bits per heavy atom. The first kappa shape index (κ1) is 16.1. The summed E-state index contributed by atoms with van der Waals surface area (Å²) in [6.07, 6.45) is 0.896. The minimum Gasteiger partial charge on any atom is -0.508 e. The fourth-order valence-electron chi connectivity index (χ4n) is 1.92. The van der Waals surface area contributed by atoms with Crippen LogP contribution in [-0.4, -0.2) is 10.2 Å². The Balaban J connectivity index is 0.000000204. The van der Waals surface area contributed by atoms with E-state index in [1.54, 1.807) is 12.1 Å². The van der Waals surface area contributed by atoms with Crippen molar-refractivity contribution in [2.75, 3.05) is 0 Å². The third kappa shape index (κ3) is 4.61. The molecule has 2 nitrogen and oxygen atoms in total. The van der Waals surface area contributed by atoms with Crippen LogP contribution in [0.15, 0.2) is 48.5 Å². The van der Waals surface area contributed by atoms with Crippen LogP contribution in [0.1, 0.15) is 38.8 Å². The van der Waals surface area contributed by atoms with E-state index in [1.165, 1.54) is 0 Å². The molecule has 108 valence electrons. The van der Waals surface area contributed by atoms with Gasteiger partial charge in [-0.1, -0.05) is 64.1 Å². The maximum Gasteiger partial charge on any atom is 0.119 e. The zero-order chi connectivity index (χ0) is 15.2. The molecule has 0 aromatic heterocycles. The van der Waals surface area contributed by atoms with E-state index < -0.39 is 0 Å². The average molecular weight is 272 g/mol. The van der Waals surface area contributed by atoms with E-state index in [4.69, 9.17) is 5.11 Å². The normalized spacial score (nSPS) is 10.6. The summed E-state index contributed by atoms with van der Waals surface area (Å²) in [6, 6.07) is 14.8. The largest absolute Gasteiger partial charge is 0.508 e. The second-order valence-electron chi connectivity index (χ2n) is 5.75. The Labute approximate surface area is 121 Å². The molecule has 0 amide bonds. The highest BCUT2D eigenvalue weighted by molar-refractivity contribution is 5.36. The molecule has 2 heteroatoms. The van der Waals surface area contributed by atoms with Gasteiger partial charge < -0.3 is 10.2 Å². The van der Waals surface area contributed by atoms with E-state index >= 15 is 0 Å². The van der Waals surface area contributed by atoms with Crippen molar-refractivity contribution >= 4 is 0 Å². The summed E-state index contributed by atoms with van der Waals surface area (Å²) in [5.41, 5.74) is 2.04. The van der Waals surface area contributed by atoms with Gasteiger partial charge in [-0.25, -0.2) is 0 Å². The Hall–Kier alpha value is -1.96. The van der Waals surface area contributed by atoms with E-state index in [2.05, 4.69) is 20.8 Å². The predicted octanol–water partition coefficient (Wildman–Crippen LogP) is 4.64. The van der Waals surface area contributed by atoms with Gasteiger partial charge >= 0.3 is 0 Å². The number of aromatic hydroxyl groups is 2. The number of hydrogen-bond donors (Lipinski definition) is 2. The van der Waals surface area contributed by atoms with Crippen LogP contribution in [0.2, 0.25) is 0 Å². The highest BCUT2D eigenvalue weighted by atomic mass is 16.3. The zero-order valence-electron chi connectivity index (χ0n) is 12.7. The van der Waals surface area contributed by atoms with Crippen molar-refractivity contribution in [1.29, 1.82) is 0 Å². The molecular weight excluding hydrogens is 248 g/mol. The molecule has 0 aliphatic heterocycles. The van der Waals surface area contributed by atoms with Gasteiger partial charge in [0.1, 0.15) is 11.5 Å². The van der Waals surface area contributed by atoms with Gasteiger partial charge in [0.25, 0.3) is 0 Å². The molecule has 0 aliphatic carbocycles. The van der Waals surface area contributed by atoms with Crippen molar-refractivity contribution < 1.29 is 10.2 Å². The highest BCUT2D eigenvalue weighted by Crippen LogP contribution is 2.29. The molecule has 0 bridgehead atoms. The number of hydrogen-bond acceptors (Lipinski definition) is 2. The summed E-state index contributed by atoms with van der Waals surface area (Å²) in [6.45, 7) is 8.28. The minimum absolute atomic E-state index is 0.0331. The number of rotatable bonds is 1. The standard InChI is InChI=1S/C10H14O.C8H10O/c1-10(2,3)8-6-4-5-7-9(8)11;1-2-7-5-3-4-6-8(7)9/h4-7,11H,1-3H3;3-6,9H,2H2,1H3. The van der Waals surface area contributed by atoms with Gasteiger partial charge in [0.05, 0.1) is 0 Å². The molecule has 0 saturated heterocycles. The Morgan fingerprint density at radius 2 is 1.30 bits per heavy atom. The quantitative estimate of drug-likeness (QED) is 0.793. The van der Waals surface area contributed by atoms with Gasteiger partial charge in [-0.2, -0.15) is 0 Å². The van der Waals surface area contributed by atoms with Crippen LogP contribution in [-0.2, 0) is 11.8 Å². The van der Waals surface area contributed by atoms with Crippen LogP contribution < -0.4 is 0 Å². The summed E-state index contributed by atoms with van der Waals surface area (Å²) >= 11 is 0. The molecular formula is C18H24O2. The SMILES string of the molecule is CC(C)(C)c1ccccc1O.CCc1ccccc1O. The molecule has 0 atom stereocenters. The summed E-state index contributed by atoms with van der Waals surface area (Å²) in [7, 11) is 0. The second-order valence-corrected chi connectivity index (χ2v) is 5.75. The zero-order valence-corrected chi connectivity index (χ0v) is 12.7. The third-order valence-corrected chi connectivity index (χ3v) is 3.08. The monoisotopic (exact) mass is 272 g/mol. The van der Waals surface area contributed by atoms with E-state index in [1.807, 2.05) is 43.3 Å². The molecule has 2 aromatic rings. The summed E-state index contributed by atoms with van der Waals surface area (Å²) in [4.78, 5) is 0. The summed E-state index contributed by atoms with van der Waals surface area (Å²) < 4.78 is 0. The van der Waals surface area contributed by atoms with Crippen molar-refractivity contribution in [3.63, 3.8) is 0 Å². The van der Waals surface area contributed by atoms with E-state index in [-0.39, 0.29) is 5.41 Å². The molecule has 2 aromatic carbocycles. The fraction of sp³-hybridized carbons (Fsp3) is 0.333. The van der Waals surface area contributed by atoms with Crippen molar-refractivity contribution in [3.8, 4) is 11.5 Å². The Kier molecular flexibility index (Phi) is 5.63. The van der Waals surface area contributed by atoms with Gasteiger partial charge in [0, 0.05) is 0 Å². The first-order valence-corrected chi connectivity index (χ1v) is 6.91. The van der Waals surface area contributed by atoms with Gasteiger partial charge in [-0.3, -0.25) is 0 Å². The number of phenolic OH excluding ortho intramolecular Hbond substituents is 2. The van der Waals surface area contributed by atoms with Gasteiger partial charge in [0.15, 0.2) is 0 Å². The van der Waals surface area contributed by atoms with Crippen molar-refractivity contribution in [2.24, 2.45) is 0 Å². The first-order chi connectivity index (χ1) is 9.36. The predicted molar refractivity (Wildman–Crippen MR) is 84.3 cm³/mol. The summed E-state index contributed by atoms with van der Waals surface area (Å²) in [5.74, 6) is 0.792. The van der Waals surface area contributed by atoms with Gasteiger partial charge in [0.2, 0.25) is 0 Å².